The number of unbranched alkanes of at least 4 members (excludes halogenated alkanes) is 1. The molecular formula is C30H40O7. The maximum absolute atomic E-state index is 14.3. The lowest BCUT2D eigenvalue weighted by molar-refractivity contribution is -0.191. The molecule has 0 aliphatic heterocycles. The van der Waals surface area contributed by atoms with E-state index in [1.54, 1.807) is 32.1 Å². The zero-order valence-electron chi connectivity index (χ0n) is 22.3. The number of ketones is 1. The number of esters is 1. The minimum absolute atomic E-state index is 0.0862. The van der Waals surface area contributed by atoms with Gasteiger partial charge in [-0.2, -0.15) is 0 Å². The lowest BCUT2D eigenvalue weighted by atomic mass is 9.59. The van der Waals surface area contributed by atoms with Crippen LogP contribution in [0.2, 0.25) is 0 Å². The number of aliphatic hydroxyl groups is 4. The number of aliphatic hydroxyl groups excluding tert-OH is 3. The van der Waals surface area contributed by atoms with Crippen molar-refractivity contribution in [3.8, 4) is 0 Å². The Morgan fingerprint density at radius 2 is 1.84 bits per heavy atom. The molecule has 1 spiro atoms. The van der Waals surface area contributed by atoms with Crippen molar-refractivity contribution in [3.63, 3.8) is 0 Å². The summed E-state index contributed by atoms with van der Waals surface area (Å²) < 4.78 is 6.14. The maximum Gasteiger partial charge on any atom is 0.331 e. The molecule has 7 nitrogen and oxygen atoms in total. The number of fused-ring (bicyclic) bond motifs is 3. The third-order valence-corrected chi connectivity index (χ3v) is 9.49. The average molecular weight is 513 g/mol. The van der Waals surface area contributed by atoms with Gasteiger partial charge in [0, 0.05) is 23.3 Å². The van der Waals surface area contributed by atoms with Gasteiger partial charge in [0.25, 0.3) is 0 Å². The van der Waals surface area contributed by atoms with E-state index in [4.69, 9.17) is 4.74 Å². The Morgan fingerprint density at radius 3 is 2.49 bits per heavy atom. The second-order valence-corrected chi connectivity index (χ2v) is 11.8. The van der Waals surface area contributed by atoms with Gasteiger partial charge >= 0.3 is 5.97 Å². The van der Waals surface area contributed by atoms with Crippen LogP contribution in [0.5, 0.6) is 0 Å². The molecule has 2 fully saturated rings. The van der Waals surface area contributed by atoms with Crippen LogP contribution in [0.4, 0.5) is 0 Å². The van der Waals surface area contributed by atoms with E-state index < -0.39 is 64.6 Å². The summed E-state index contributed by atoms with van der Waals surface area (Å²) in [6.45, 7) is 8.85. The molecule has 0 heterocycles. The Bertz CT molecular complexity index is 1110. The van der Waals surface area contributed by atoms with Crippen molar-refractivity contribution in [1.82, 2.24) is 0 Å². The first-order valence-electron chi connectivity index (χ1n) is 13.2. The predicted molar refractivity (Wildman–Crippen MR) is 139 cm³/mol. The Balaban J connectivity index is 1.73. The lowest BCUT2D eigenvalue weighted by Crippen LogP contribution is -2.65. The molecule has 0 aromatic carbocycles. The fourth-order valence-electron chi connectivity index (χ4n) is 7.55. The van der Waals surface area contributed by atoms with Crippen molar-refractivity contribution in [2.45, 2.75) is 77.3 Å². The minimum Gasteiger partial charge on any atom is -0.455 e. The van der Waals surface area contributed by atoms with E-state index in [0.29, 0.717) is 5.57 Å². The predicted octanol–water partition coefficient (Wildman–Crippen LogP) is 2.95. The van der Waals surface area contributed by atoms with E-state index in [1.807, 2.05) is 32.1 Å². The third-order valence-electron chi connectivity index (χ3n) is 9.49. The van der Waals surface area contributed by atoms with Crippen molar-refractivity contribution >= 4 is 11.8 Å². The van der Waals surface area contributed by atoms with Gasteiger partial charge in [-0.25, -0.2) is 4.79 Å². The summed E-state index contributed by atoms with van der Waals surface area (Å²) in [7, 11) is 0. The Hall–Kier alpha value is -2.32. The van der Waals surface area contributed by atoms with E-state index in [9.17, 15) is 30.0 Å². The maximum atomic E-state index is 14.3. The highest BCUT2D eigenvalue weighted by atomic mass is 16.6. The topological polar surface area (TPSA) is 124 Å². The number of Topliss-reactive ketones (excluding diaryl/α,β-unsaturated/α-hetero) is 1. The van der Waals surface area contributed by atoms with Gasteiger partial charge in [-0.05, 0) is 36.8 Å². The molecule has 2 saturated carbocycles. The number of rotatable bonds is 7. The molecule has 4 rings (SSSR count). The van der Waals surface area contributed by atoms with Gasteiger partial charge in [0.05, 0.1) is 12.0 Å². The van der Waals surface area contributed by atoms with E-state index in [-0.39, 0.29) is 17.8 Å². The molecule has 0 radical (unpaired) electrons. The van der Waals surface area contributed by atoms with E-state index >= 15 is 0 Å². The molecule has 0 saturated heterocycles. The highest BCUT2D eigenvalue weighted by Crippen LogP contribution is 2.75. The van der Waals surface area contributed by atoms with Gasteiger partial charge in [-0.1, -0.05) is 76.6 Å². The fraction of sp³-hybridized carbons (Fsp3) is 0.600. The van der Waals surface area contributed by atoms with Gasteiger partial charge in [0.15, 0.2) is 5.78 Å². The number of carbonyl (C=O) groups is 2. The molecule has 4 N–H and O–H groups in total. The Kier molecular flexibility index (Phi) is 7.08. The molecule has 8 atom stereocenters. The summed E-state index contributed by atoms with van der Waals surface area (Å²) in [4.78, 5) is 27.3. The fourth-order valence-corrected chi connectivity index (χ4v) is 7.55. The van der Waals surface area contributed by atoms with Crippen LogP contribution >= 0.6 is 0 Å². The normalized spacial score (nSPS) is 42.3. The summed E-state index contributed by atoms with van der Waals surface area (Å²) in [5, 5.41) is 44.3. The quantitative estimate of drug-likeness (QED) is 0.179. The zero-order valence-corrected chi connectivity index (χ0v) is 22.3. The van der Waals surface area contributed by atoms with Crippen LogP contribution < -0.4 is 0 Å². The van der Waals surface area contributed by atoms with Crippen molar-refractivity contribution in [2.24, 2.45) is 28.6 Å². The average Bonchev–Trinajstić information content (AvgIpc) is 3.26. The second-order valence-electron chi connectivity index (χ2n) is 11.8. The Morgan fingerprint density at radius 1 is 1.16 bits per heavy atom. The van der Waals surface area contributed by atoms with Gasteiger partial charge < -0.3 is 25.2 Å². The molecule has 4 aliphatic carbocycles. The largest absolute Gasteiger partial charge is 0.455 e. The highest BCUT2D eigenvalue weighted by Gasteiger charge is 2.83. The molecule has 8 unspecified atom stereocenters. The first kappa shape index (κ1) is 27.7. The molecule has 2 bridgehead atoms. The summed E-state index contributed by atoms with van der Waals surface area (Å²) in [5.41, 5.74) is -4.91. The number of carbonyl (C=O) groups excluding carboxylic acids is 2. The SMILES string of the molecule is CCCC=CC=CC=CC(=O)OC12CC(C)C34C=C(C)C(O)C3(O)C(O)C(CO)=CC(C4=O)C1C2(C)C. The monoisotopic (exact) mass is 512 g/mol. The number of ether oxygens (including phenoxy) is 1. The highest BCUT2D eigenvalue weighted by molar-refractivity contribution is 5.96. The molecule has 0 amide bonds. The molecule has 0 aromatic rings. The minimum atomic E-state index is -2.24. The van der Waals surface area contributed by atoms with Crippen molar-refractivity contribution < 1.29 is 34.8 Å². The number of allylic oxidation sites excluding steroid dienone is 6. The summed E-state index contributed by atoms with van der Waals surface area (Å²) in [6, 6.07) is 0. The molecule has 37 heavy (non-hydrogen) atoms. The number of hydrogen-bond acceptors (Lipinski definition) is 7. The summed E-state index contributed by atoms with van der Waals surface area (Å²) >= 11 is 0. The summed E-state index contributed by atoms with van der Waals surface area (Å²) in [5.74, 6) is -2.66. The molecular weight excluding hydrogens is 472 g/mol. The van der Waals surface area contributed by atoms with Crippen LogP contribution in [0.3, 0.4) is 0 Å². The molecule has 0 aromatic heterocycles. The molecule has 202 valence electrons. The van der Waals surface area contributed by atoms with Crippen molar-refractivity contribution in [3.05, 3.63) is 59.8 Å². The first-order chi connectivity index (χ1) is 17.4. The number of hydrogen-bond donors (Lipinski definition) is 4. The van der Waals surface area contributed by atoms with Gasteiger partial charge in [0.2, 0.25) is 0 Å². The smallest absolute Gasteiger partial charge is 0.331 e. The van der Waals surface area contributed by atoms with Crippen LogP contribution in [-0.4, -0.2) is 62.2 Å². The van der Waals surface area contributed by atoms with Gasteiger partial charge in [-0.3, -0.25) is 4.79 Å². The summed E-state index contributed by atoms with van der Waals surface area (Å²) in [6.07, 6.45) is 12.9. The van der Waals surface area contributed by atoms with E-state index in [2.05, 4.69) is 6.92 Å². The molecule has 7 heteroatoms. The van der Waals surface area contributed by atoms with Crippen LogP contribution in [0.25, 0.3) is 0 Å². The third kappa shape index (κ3) is 3.69. The van der Waals surface area contributed by atoms with Crippen LogP contribution in [-0.2, 0) is 14.3 Å². The van der Waals surface area contributed by atoms with Crippen LogP contribution in [0, 0.1) is 28.6 Å². The second kappa shape index (κ2) is 9.45. The first-order valence-corrected chi connectivity index (χ1v) is 13.2. The van der Waals surface area contributed by atoms with E-state index in [1.165, 1.54) is 12.2 Å². The van der Waals surface area contributed by atoms with E-state index in [0.717, 1.165) is 12.8 Å². The van der Waals surface area contributed by atoms with Gasteiger partial charge in [-0.15, -0.1) is 0 Å². The van der Waals surface area contributed by atoms with Crippen molar-refractivity contribution in [2.75, 3.05) is 6.61 Å². The van der Waals surface area contributed by atoms with Gasteiger partial charge in [0.1, 0.15) is 23.4 Å². The molecule has 4 aliphatic rings. The van der Waals surface area contributed by atoms with Crippen molar-refractivity contribution in [1.29, 1.82) is 0 Å². The lowest BCUT2D eigenvalue weighted by Gasteiger charge is -2.48. The Labute approximate surface area is 218 Å². The standard InChI is InChI=1S/C30H40O7/c1-6-7-8-9-10-11-12-13-22(32)37-29-16-19(3)28-15-18(2)24(33)30(28,36)25(34)20(17-31)14-21(26(28)35)23(29)27(29,4)5/h8-15,19,21,23-25,31,33-34,36H,6-7,16-17H2,1-5H3. The van der Waals surface area contributed by atoms with Crippen LogP contribution in [0.1, 0.15) is 53.9 Å². The zero-order chi connectivity index (χ0) is 27.4. The van der Waals surface area contributed by atoms with Crippen LogP contribution in [0.15, 0.2) is 59.8 Å².